The molecule has 0 aliphatic heterocycles. The summed E-state index contributed by atoms with van der Waals surface area (Å²) in [6.07, 6.45) is 9.81. The van der Waals surface area contributed by atoms with Crippen LogP contribution in [0.2, 0.25) is 0 Å². The van der Waals surface area contributed by atoms with Crippen LogP contribution in [0, 0.1) is 0 Å². The van der Waals surface area contributed by atoms with Crippen LogP contribution in [0.15, 0.2) is 0 Å². The van der Waals surface area contributed by atoms with E-state index in [1.165, 1.54) is 25.7 Å². The van der Waals surface area contributed by atoms with Gasteiger partial charge in [-0.25, -0.2) is 0 Å². The van der Waals surface area contributed by atoms with Crippen molar-refractivity contribution in [2.24, 2.45) is 0 Å². The van der Waals surface area contributed by atoms with Crippen LogP contribution in [-0.2, 0) is 9.59 Å². The Balaban J connectivity index is 2.35. The van der Waals surface area contributed by atoms with E-state index in [9.17, 15) is 9.59 Å². The summed E-state index contributed by atoms with van der Waals surface area (Å²) in [5.41, 5.74) is 0. The fraction of sp³-hybridized carbons (Fsp3) is 0.875. The molecule has 0 aromatic carbocycles. The second-order valence-corrected chi connectivity index (χ2v) is 5.81. The highest BCUT2D eigenvalue weighted by Gasteiger charge is 2.21. The van der Waals surface area contributed by atoms with Gasteiger partial charge in [0.15, 0.2) is 0 Å². The summed E-state index contributed by atoms with van der Waals surface area (Å²) in [6, 6.07) is 0.377. The van der Waals surface area contributed by atoms with Crippen molar-refractivity contribution in [1.29, 1.82) is 0 Å². The predicted molar refractivity (Wildman–Crippen MR) is 81.4 cm³/mol. The van der Waals surface area contributed by atoms with Gasteiger partial charge in [-0.1, -0.05) is 39.0 Å². The van der Waals surface area contributed by atoms with E-state index in [0.717, 1.165) is 25.7 Å². The molecule has 1 saturated carbocycles. The summed E-state index contributed by atoms with van der Waals surface area (Å²) >= 11 is 0. The first-order chi connectivity index (χ1) is 9.65. The molecule has 1 aliphatic rings. The van der Waals surface area contributed by atoms with Crippen molar-refractivity contribution in [1.82, 2.24) is 10.2 Å². The van der Waals surface area contributed by atoms with Crippen LogP contribution < -0.4 is 5.32 Å². The molecule has 116 valence electrons. The zero-order valence-electron chi connectivity index (χ0n) is 13.1. The van der Waals surface area contributed by atoms with Gasteiger partial charge in [-0.15, -0.1) is 0 Å². The third-order valence-electron chi connectivity index (χ3n) is 4.10. The smallest absolute Gasteiger partial charge is 0.220 e. The highest BCUT2D eigenvalue weighted by molar-refractivity contribution is 5.76. The summed E-state index contributed by atoms with van der Waals surface area (Å²) in [6.45, 7) is 4.96. The monoisotopic (exact) mass is 282 g/mol. The van der Waals surface area contributed by atoms with E-state index in [2.05, 4.69) is 12.2 Å². The van der Waals surface area contributed by atoms with Gasteiger partial charge in [0.05, 0.1) is 0 Å². The van der Waals surface area contributed by atoms with Gasteiger partial charge in [-0.05, 0) is 19.3 Å². The Kier molecular flexibility index (Phi) is 8.31. The standard InChI is InChI=1S/C16H30N2O2/c1-3-4-11-16(20)17-12-13-18(14(2)19)15-9-7-5-6-8-10-15/h15H,3-13H2,1-2H3,(H,17,20). The molecular weight excluding hydrogens is 252 g/mol. The van der Waals surface area contributed by atoms with E-state index < -0.39 is 0 Å². The maximum Gasteiger partial charge on any atom is 0.220 e. The number of hydrogen-bond donors (Lipinski definition) is 1. The lowest BCUT2D eigenvalue weighted by molar-refractivity contribution is -0.132. The highest BCUT2D eigenvalue weighted by atomic mass is 16.2. The minimum Gasteiger partial charge on any atom is -0.354 e. The molecule has 1 rings (SSSR count). The summed E-state index contributed by atoms with van der Waals surface area (Å²) in [4.78, 5) is 25.4. The number of carbonyl (C=O) groups is 2. The van der Waals surface area contributed by atoms with Crippen LogP contribution >= 0.6 is 0 Å². The molecule has 0 bridgehead atoms. The van der Waals surface area contributed by atoms with Gasteiger partial charge < -0.3 is 10.2 Å². The van der Waals surface area contributed by atoms with Gasteiger partial charge in [0.2, 0.25) is 11.8 Å². The summed E-state index contributed by atoms with van der Waals surface area (Å²) in [5, 5.41) is 2.92. The third-order valence-corrected chi connectivity index (χ3v) is 4.10. The Bertz CT molecular complexity index is 297. The molecule has 4 nitrogen and oxygen atoms in total. The minimum atomic E-state index is 0.108. The fourth-order valence-corrected chi connectivity index (χ4v) is 2.91. The number of unbranched alkanes of at least 4 members (excludes halogenated alkanes) is 1. The summed E-state index contributed by atoms with van der Waals surface area (Å²) in [7, 11) is 0. The number of hydrogen-bond acceptors (Lipinski definition) is 2. The third kappa shape index (κ3) is 6.40. The van der Waals surface area contributed by atoms with Crippen molar-refractivity contribution in [3.63, 3.8) is 0 Å². The van der Waals surface area contributed by atoms with Crippen LogP contribution in [0.3, 0.4) is 0 Å². The van der Waals surface area contributed by atoms with Gasteiger partial charge in [-0.2, -0.15) is 0 Å². The van der Waals surface area contributed by atoms with Crippen molar-refractivity contribution < 1.29 is 9.59 Å². The number of amides is 2. The molecular formula is C16H30N2O2. The molecule has 0 radical (unpaired) electrons. The molecule has 0 aromatic heterocycles. The molecule has 0 spiro atoms. The van der Waals surface area contributed by atoms with E-state index in [0.29, 0.717) is 25.6 Å². The number of nitrogens with one attached hydrogen (secondary N) is 1. The molecule has 1 aliphatic carbocycles. The maximum atomic E-state index is 11.8. The SMILES string of the molecule is CCCCC(=O)NCCN(C(C)=O)C1CCCCCC1. The van der Waals surface area contributed by atoms with Crippen LogP contribution in [0.1, 0.15) is 71.6 Å². The van der Waals surface area contributed by atoms with Crippen molar-refractivity contribution in [3.05, 3.63) is 0 Å². The largest absolute Gasteiger partial charge is 0.354 e. The molecule has 4 heteroatoms. The average molecular weight is 282 g/mol. The van der Waals surface area contributed by atoms with Gasteiger partial charge >= 0.3 is 0 Å². The summed E-state index contributed by atoms with van der Waals surface area (Å²) in [5.74, 6) is 0.246. The zero-order chi connectivity index (χ0) is 14.8. The lowest BCUT2D eigenvalue weighted by Gasteiger charge is -2.30. The first-order valence-electron chi connectivity index (χ1n) is 8.19. The molecule has 0 aromatic rings. The number of nitrogens with zero attached hydrogens (tertiary/aromatic N) is 1. The molecule has 1 fully saturated rings. The van der Waals surface area contributed by atoms with Crippen molar-refractivity contribution in [2.45, 2.75) is 77.7 Å². The highest BCUT2D eigenvalue weighted by Crippen LogP contribution is 2.21. The first kappa shape index (κ1) is 17.0. The van der Waals surface area contributed by atoms with Crippen molar-refractivity contribution in [2.75, 3.05) is 13.1 Å². The van der Waals surface area contributed by atoms with E-state index >= 15 is 0 Å². The minimum absolute atomic E-state index is 0.108. The van der Waals surface area contributed by atoms with Crippen LogP contribution in [0.4, 0.5) is 0 Å². The Hall–Kier alpha value is -1.06. The van der Waals surface area contributed by atoms with Crippen molar-refractivity contribution >= 4 is 11.8 Å². The van der Waals surface area contributed by atoms with Gasteiger partial charge in [0.25, 0.3) is 0 Å². The van der Waals surface area contributed by atoms with Gasteiger partial charge in [0, 0.05) is 32.5 Å². The molecule has 2 amide bonds. The van der Waals surface area contributed by atoms with Crippen LogP contribution in [0.25, 0.3) is 0 Å². The van der Waals surface area contributed by atoms with E-state index in [-0.39, 0.29) is 11.8 Å². The predicted octanol–water partition coefficient (Wildman–Crippen LogP) is 2.86. The normalized spacial score (nSPS) is 16.5. The average Bonchev–Trinajstić information content (AvgIpc) is 2.69. The van der Waals surface area contributed by atoms with E-state index in [1.807, 2.05) is 4.90 Å². The topological polar surface area (TPSA) is 49.4 Å². The first-order valence-corrected chi connectivity index (χ1v) is 8.19. The van der Waals surface area contributed by atoms with Crippen LogP contribution in [0.5, 0.6) is 0 Å². The maximum absolute atomic E-state index is 11.8. The van der Waals surface area contributed by atoms with Gasteiger partial charge in [0.1, 0.15) is 0 Å². The molecule has 0 unspecified atom stereocenters. The van der Waals surface area contributed by atoms with E-state index in [4.69, 9.17) is 0 Å². The number of rotatable bonds is 7. The lowest BCUT2D eigenvalue weighted by Crippen LogP contribution is -2.43. The molecule has 0 heterocycles. The molecule has 0 saturated heterocycles. The molecule has 0 atom stereocenters. The molecule has 20 heavy (non-hydrogen) atoms. The second kappa shape index (κ2) is 9.78. The molecule has 1 N–H and O–H groups in total. The quantitative estimate of drug-likeness (QED) is 0.730. The lowest BCUT2D eigenvalue weighted by atomic mass is 10.1. The zero-order valence-corrected chi connectivity index (χ0v) is 13.1. The van der Waals surface area contributed by atoms with E-state index in [1.54, 1.807) is 6.92 Å². The van der Waals surface area contributed by atoms with Crippen molar-refractivity contribution in [3.8, 4) is 0 Å². The Labute approximate surface area is 123 Å². The number of carbonyl (C=O) groups excluding carboxylic acids is 2. The second-order valence-electron chi connectivity index (χ2n) is 5.81. The fourth-order valence-electron chi connectivity index (χ4n) is 2.91. The summed E-state index contributed by atoms with van der Waals surface area (Å²) < 4.78 is 0. The van der Waals surface area contributed by atoms with Crippen LogP contribution in [-0.4, -0.2) is 35.8 Å². The Morgan fingerprint density at radius 1 is 1.15 bits per heavy atom. The Morgan fingerprint density at radius 2 is 1.80 bits per heavy atom. The van der Waals surface area contributed by atoms with Gasteiger partial charge in [-0.3, -0.25) is 9.59 Å². The Morgan fingerprint density at radius 3 is 2.35 bits per heavy atom.